The van der Waals surface area contributed by atoms with Gasteiger partial charge in [0.05, 0.1) is 0 Å². The third-order valence-electron chi connectivity index (χ3n) is 4.86. The van der Waals surface area contributed by atoms with Crippen molar-refractivity contribution >= 4 is 6.29 Å². The second-order valence-electron chi connectivity index (χ2n) is 6.89. The molecule has 0 aliphatic heterocycles. The van der Waals surface area contributed by atoms with E-state index in [2.05, 4.69) is 20.8 Å². The van der Waals surface area contributed by atoms with E-state index >= 15 is 0 Å². The summed E-state index contributed by atoms with van der Waals surface area (Å²) in [4.78, 5) is 11.1. The largest absolute Gasteiger partial charge is 0.382 e. The van der Waals surface area contributed by atoms with Gasteiger partial charge < -0.3 is 15.6 Å². The molecule has 0 bridgehead atoms. The molecule has 100 valence electrons. The van der Waals surface area contributed by atoms with Crippen LogP contribution >= 0.6 is 0 Å². The van der Waals surface area contributed by atoms with Crippen molar-refractivity contribution in [3.63, 3.8) is 0 Å². The predicted octanol–water partition coefficient (Wildman–Crippen LogP) is 2.12. The normalized spacial score (nSPS) is 34.1. The van der Waals surface area contributed by atoms with E-state index in [-0.39, 0.29) is 0 Å². The highest BCUT2D eigenvalue weighted by atomic mass is 16.3. The van der Waals surface area contributed by atoms with Crippen LogP contribution in [0.15, 0.2) is 0 Å². The van der Waals surface area contributed by atoms with Crippen molar-refractivity contribution < 1.29 is 9.90 Å². The Morgan fingerprint density at radius 1 is 1.29 bits per heavy atom. The molecular formula is C14H27NO2. The fraction of sp³-hybridized carbons (Fsp3) is 0.929. The summed E-state index contributed by atoms with van der Waals surface area (Å²) >= 11 is 0. The zero-order valence-electron chi connectivity index (χ0n) is 11.6. The Morgan fingerprint density at radius 2 is 1.76 bits per heavy atom. The molecule has 1 rings (SSSR count). The fourth-order valence-corrected chi connectivity index (χ4v) is 3.08. The lowest BCUT2D eigenvalue weighted by molar-refractivity contribution is -0.142. The number of carbonyl (C=O) groups is 1. The first kappa shape index (κ1) is 14.7. The lowest BCUT2D eigenvalue weighted by atomic mass is 9.59. The van der Waals surface area contributed by atoms with Crippen molar-refractivity contribution in [1.29, 1.82) is 0 Å². The van der Waals surface area contributed by atoms with Gasteiger partial charge in [-0.3, -0.25) is 0 Å². The number of aldehydes is 1. The summed E-state index contributed by atoms with van der Waals surface area (Å²) in [7, 11) is 0. The Labute approximate surface area is 105 Å². The van der Waals surface area contributed by atoms with Gasteiger partial charge in [0, 0.05) is 12.0 Å². The van der Waals surface area contributed by atoms with Crippen LogP contribution < -0.4 is 5.73 Å². The number of hydrogen-bond donors (Lipinski definition) is 2. The van der Waals surface area contributed by atoms with E-state index in [1.807, 2.05) is 0 Å². The summed E-state index contributed by atoms with van der Waals surface area (Å²) in [6, 6.07) is 0. The van der Waals surface area contributed by atoms with Crippen LogP contribution in [0.3, 0.4) is 0 Å². The monoisotopic (exact) mass is 241 g/mol. The van der Waals surface area contributed by atoms with Gasteiger partial charge in [0.1, 0.15) is 5.60 Å². The van der Waals surface area contributed by atoms with E-state index in [0.717, 1.165) is 25.7 Å². The maximum absolute atomic E-state index is 11.1. The Bertz CT molecular complexity index is 270. The summed E-state index contributed by atoms with van der Waals surface area (Å²) in [5, 5.41) is 10.2. The van der Waals surface area contributed by atoms with Crippen molar-refractivity contribution in [3.05, 3.63) is 0 Å². The van der Waals surface area contributed by atoms with Gasteiger partial charge in [-0.15, -0.1) is 0 Å². The number of carbonyl (C=O) groups excluding carboxylic acids is 1. The molecule has 0 aromatic carbocycles. The van der Waals surface area contributed by atoms with Crippen molar-refractivity contribution in [2.75, 3.05) is 6.54 Å². The molecule has 17 heavy (non-hydrogen) atoms. The van der Waals surface area contributed by atoms with Crippen molar-refractivity contribution in [1.82, 2.24) is 0 Å². The van der Waals surface area contributed by atoms with Gasteiger partial charge in [-0.2, -0.15) is 0 Å². The van der Waals surface area contributed by atoms with E-state index < -0.39 is 11.0 Å². The lowest BCUT2D eigenvalue weighted by Crippen LogP contribution is -2.54. The summed E-state index contributed by atoms with van der Waals surface area (Å²) in [6.45, 7) is 8.75. The summed E-state index contributed by atoms with van der Waals surface area (Å²) in [5.74, 6) is 0.657. The van der Waals surface area contributed by atoms with E-state index in [1.54, 1.807) is 6.92 Å². The maximum Gasteiger partial charge on any atom is 0.151 e. The van der Waals surface area contributed by atoms with Crippen LogP contribution in [0.25, 0.3) is 0 Å². The highest BCUT2D eigenvalue weighted by Gasteiger charge is 2.49. The van der Waals surface area contributed by atoms with Gasteiger partial charge in [-0.05, 0) is 43.9 Å². The average molecular weight is 241 g/mol. The predicted molar refractivity (Wildman–Crippen MR) is 69.6 cm³/mol. The Hall–Kier alpha value is -0.410. The topological polar surface area (TPSA) is 63.3 Å². The van der Waals surface area contributed by atoms with E-state index in [0.29, 0.717) is 24.2 Å². The highest BCUT2D eigenvalue weighted by Crippen LogP contribution is 2.49. The molecule has 1 fully saturated rings. The molecular weight excluding hydrogens is 214 g/mol. The summed E-state index contributed by atoms with van der Waals surface area (Å²) in [6.07, 6.45) is 4.45. The first-order chi connectivity index (χ1) is 7.68. The quantitative estimate of drug-likeness (QED) is 0.744. The van der Waals surface area contributed by atoms with Crippen molar-refractivity contribution in [3.8, 4) is 0 Å². The Morgan fingerprint density at radius 3 is 2.06 bits per heavy atom. The third kappa shape index (κ3) is 2.71. The lowest BCUT2D eigenvalue weighted by Gasteiger charge is -2.48. The molecule has 1 aliphatic carbocycles. The van der Waals surface area contributed by atoms with Gasteiger partial charge in [-0.1, -0.05) is 20.8 Å². The second-order valence-corrected chi connectivity index (χ2v) is 6.89. The van der Waals surface area contributed by atoms with Crippen LogP contribution in [-0.4, -0.2) is 23.5 Å². The van der Waals surface area contributed by atoms with Gasteiger partial charge in [0.15, 0.2) is 6.29 Å². The molecule has 3 N–H and O–H groups in total. The smallest absolute Gasteiger partial charge is 0.151 e. The van der Waals surface area contributed by atoms with Crippen LogP contribution in [0.4, 0.5) is 0 Å². The standard InChI is InChI=1S/C14H27NO2/c1-12(2,3)11-5-7-14(9-15,8-6-11)13(4,17)10-16/h10-11,17H,5-9,15H2,1-4H3. The van der Waals surface area contributed by atoms with Crippen LogP contribution in [0, 0.1) is 16.7 Å². The van der Waals surface area contributed by atoms with Crippen molar-refractivity contribution in [2.45, 2.75) is 59.0 Å². The molecule has 0 aromatic heterocycles. The molecule has 3 heteroatoms. The summed E-state index contributed by atoms with van der Waals surface area (Å²) in [5.41, 5.74) is 4.43. The van der Waals surface area contributed by atoms with Gasteiger partial charge >= 0.3 is 0 Å². The molecule has 1 unspecified atom stereocenters. The van der Waals surface area contributed by atoms with Crippen LogP contribution in [0.2, 0.25) is 0 Å². The zero-order valence-corrected chi connectivity index (χ0v) is 11.6. The summed E-state index contributed by atoms with van der Waals surface area (Å²) < 4.78 is 0. The molecule has 1 saturated carbocycles. The minimum Gasteiger partial charge on any atom is -0.382 e. The molecule has 1 aliphatic rings. The van der Waals surface area contributed by atoms with E-state index in [1.165, 1.54) is 0 Å². The SMILES string of the molecule is CC(C)(C)C1CCC(CN)(C(C)(O)C=O)CC1. The zero-order chi connectivity index (χ0) is 13.3. The number of hydrogen-bond acceptors (Lipinski definition) is 3. The van der Waals surface area contributed by atoms with Gasteiger partial charge in [0.25, 0.3) is 0 Å². The van der Waals surface area contributed by atoms with Gasteiger partial charge in [-0.25, -0.2) is 0 Å². The van der Waals surface area contributed by atoms with E-state index in [4.69, 9.17) is 5.73 Å². The molecule has 0 heterocycles. The first-order valence-corrected chi connectivity index (χ1v) is 6.57. The maximum atomic E-state index is 11.1. The van der Waals surface area contributed by atoms with Gasteiger partial charge in [0.2, 0.25) is 0 Å². The fourth-order valence-electron chi connectivity index (χ4n) is 3.08. The van der Waals surface area contributed by atoms with E-state index in [9.17, 15) is 9.90 Å². The minimum atomic E-state index is -1.29. The highest BCUT2D eigenvalue weighted by molar-refractivity contribution is 5.63. The Kier molecular flexibility index (Phi) is 4.04. The van der Waals surface area contributed by atoms with Crippen LogP contribution in [-0.2, 0) is 4.79 Å². The molecule has 1 atom stereocenters. The Balaban J connectivity index is 2.80. The van der Waals surface area contributed by atoms with Crippen molar-refractivity contribution in [2.24, 2.45) is 22.5 Å². The minimum absolute atomic E-state index is 0.299. The molecule has 0 saturated heterocycles. The number of rotatable bonds is 3. The molecule has 0 aromatic rings. The first-order valence-electron chi connectivity index (χ1n) is 6.57. The molecule has 0 amide bonds. The number of nitrogens with two attached hydrogens (primary N) is 1. The van der Waals surface area contributed by atoms with Crippen LogP contribution in [0.5, 0.6) is 0 Å². The second kappa shape index (κ2) is 4.69. The molecule has 0 radical (unpaired) electrons. The van der Waals surface area contributed by atoms with Crippen LogP contribution in [0.1, 0.15) is 53.4 Å². The third-order valence-corrected chi connectivity index (χ3v) is 4.86. The molecule has 3 nitrogen and oxygen atoms in total. The average Bonchev–Trinajstić information content (AvgIpc) is 2.27. The number of aliphatic hydroxyl groups is 1. The molecule has 0 spiro atoms.